The fourth-order valence-electron chi connectivity index (χ4n) is 4.04. The number of aromatic nitrogens is 2. The van der Waals surface area contributed by atoms with Gasteiger partial charge in [-0.1, -0.05) is 12.2 Å². The summed E-state index contributed by atoms with van der Waals surface area (Å²) in [6.45, 7) is 5.75. The predicted molar refractivity (Wildman–Crippen MR) is 123 cm³/mol. The molecule has 0 saturated heterocycles. The molecule has 3 heterocycles. The van der Waals surface area contributed by atoms with Crippen molar-refractivity contribution in [1.82, 2.24) is 14.9 Å². The quantitative estimate of drug-likeness (QED) is 0.649. The maximum absolute atomic E-state index is 13.2. The number of halogens is 1. The lowest BCUT2D eigenvalue weighted by Gasteiger charge is -2.28. The molecule has 2 aromatic heterocycles. The van der Waals surface area contributed by atoms with E-state index in [1.807, 2.05) is 19.2 Å². The predicted octanol–water partition coefficient (Wildman–Crippen LogP) is 3.08. The number of aryl methyl sites for hydroxylation is 1. The van der Waals surface area contributed by atoms with E-state index in [0.717, 1.165) is 16.5 Å². The summed E-state index contributed by atoms with van der Waals surface area (Å²) in [6.07, 6.45) is 7.16. The van der Waals surface area contributed by atoms with Gasteiger partial charge in [0.05, 0.1) is 23.6 Å². The average Bonchev–Trinajstić information content (AvgIpc) is 3.52. The van der Waals surface area contributed by atoms with Crippen LogP contribution < -0.4 is 16.2 Å². The van der Waals surface area contributed by atoms with Gasteiger partial charge in [0.1, 0.15) is 12.0 Å². The van der Waals surface area contributed by atoms with Gasteiger partial charge in [0.15, 0.2) is 0 Å². The molecule has 1 aliphatic carbocycles. The lowest BCUT2D eigenvalue weighted by atomic mass is 9.93. The van der Waals surface area contributed by atoms with Gasteiger partial charge in [0.25, 0.3) is 5.56 Å². The number of anilines is 1. The fourth-order valence-corrected chi connectivity index (χ4v) is 4.04. The van der Waals surface area contributed by atoms with Crippen LogP contribution in [-0.4, -0.2) is 40.9 Å². The van der Waals surface area contributed by atoms with E-state index in [1.54, 1.807) is 32.5 Å². The van der Waals surface area contributed by atoms with Crippen LogP contribution in [-0.2, 0) is 16.6 Å². The van der Waals surface area contributed by atoms with E-state index < -0.39 is 12.1 Å². The van der Waals surface area contributed by atoms with E-state index in [1.165, 1.54) is 4.57 Å². The first kappa shape index (κ1) is 22.0. The zero-order chi connectivity index (χ0) is 23.0. The van der Waals surface area contributed by atoms with Crippen molar-refractivity contribution in [2.75, 3.05) is 12.4 Å². The zero-order valence-electron chi connectivity index (χ0n) is 18.4. The second-order valence-electron chi connectivity index (χ2n) is 8.30. The number of fused-ring (bicyclic) bond motifs is 1. The number of hydrogen-bond acceptors (Lipinski definition) is 5. The van der Waals surface area contributed by atoms with Crippen LogP contribution in [0.25, 0.3) is 16.5 Å². The highest BCUT2D eigenvalue weighted by Gasteiger charge is 2.43. The molecule has 4 atom stereocenters. The molecule has 0 aromatic carbocycles. The third-order valence-corrected chi connectivity index (χ3v) is 6.08. The molecule has 0 bridgehead atoms. The Morgan fingerprint density at radius 1 is 1.50 bits per heavy atom. The number of hydrogen-bond donors (Lipinski definition) is 2. The summed E-state index contributed by atoms with van der Waals surface area (Å²) >= 11 is 0. The van der Waals surface area contributed by atoms with Gasteiger partial charge < -0.3 is 19.9 Å². The van der Waals surface area contributed by atoms with Gasteiger partial charge in [-0.15, -0.1) is 6.58 Å². The van der Waals surface area contributed by atoms with Crippen molar-refractivity contribution in [3.63, 3.8) is 0 Å². The number of pyridine rings is 2. The molecule has 1 fully saturated rings. The Hall–Kier alpha value is -3.26. The lowest BCUT2D eigenvalue weighted by Crippen LogP contribution is -2.38. The zero-order valence-corrected chi connectivity index (χ0v) is 18.4. The number of allylic oxidation sites excluding steroid dienone is 2. The van der Waals surface area contributed by atoms with Crippen LogP contribution in [0.15, 0.2) is 53.6 Å². The van der Waals surface area contributed by atoms with Crippen LogP contribution in [0, 0.1) is 5.92 Å². The van der Waals surface area contributed by atoms with E-state index in [2.05, 4.69) is 28.3 Å². The Bertz CT molecular complexity index is 1200. The molecule has 2 aliphatic rings. The summed E-state index contributed by atoms with van der Waals surface area (Å²) in [6, 6.07) is 3.42. The minimum Gasteiger partial charge on any atom is -0.382 e. The van der Waals surface area contributed by atoms with Crippen LogP contribution in [0.1, 0.15) is 25.3 Å². The van der Waals surface area contributed by atoms with Crippen molar-refractivity contribution in [2.45, 2.75) is 38.1 Å². The van der Waals surface area contributed by atoms with Gasteiger partial charge in [0.2, 0.25) is 5.91 Å². The van der Waals surface area contributed by atoms with Crippen molar-refractivity contribution in [3.8, 4) is 0 Å². The summed E-state index contributed by atoms with van der Waals surface area (Å²) in [5, 5.41) is 6.72. The molecular formula is C24H27FN4O3. The third-order valence-electron chi connectivity index (χ3n) is 6.08. The summed E-state index contributed by atoms with van der Waals surface area (Å²) in [4.78, 5) is 29.5. The van der Waals surface area contributed by atoms with Gasteiger partial charge in [-0.2, -0.15) is 0 Å². The number of carbonyl (C=O) groups is 1. The molecule has 4 rings (SSSR count). The second kappa shape index (κ2) is 8.70. The second-order valence-corrected chi connectivity index (χ2v) is 8.30. The van der Waals surface area contributed by atoms with Gasteiger partial charge >= 0.3 is 0 Å². The molecular weight excluding hydrogens is 411 g/mol. The first-order chi connectivity index (χ1) is 15.3. The van der Waals surface area contributed by atoms with E-state index in [9.17, 15) is 14.0 Å². The number of nitrogens with zero attached hydrogens (tertiary/aromatic N) is 2. The highest BCUT2D eigenvalue weighted by Crippen LogP contribution is 2.34. The first-order valence-electron chi connectivity index (χ1n) is 10.6. The number of amides is 1. The molecule has 1 saturated carbocycles. The van der Waals surface area contributed by atoms with E-state index in [-0.39, 0.29) is 30.0 Å². The van der Waals surface area contributed by atoms with Crippen molar-refractivity contribution < 1.29 is 13.9 Å². The highest BCUT2D eigenvalue weighted by molar-refractivity contribution is 5.96. The number of carbonyl (C=O) groups excluding carboxylic acids is 1. The van der Waals surface area contributed by atoms with Crippen LogP contribution in [0.2, 0.25) is 0 Å². The van der Waals surface area contributed by atoms with E-state index in [4.69, 9.17) is 4.74 Å². The number of rotatable bonds is 7. The fraction of sp³-hybridized carbons (Fsp3) is 0.375. The largest absolute Gasteiger partial charge is 0.382 e. The van der Waals surface area contributed by atoms with Crippen LogP contribution in [0.3, 0.4) is 0 Å². The summed E-state index contributed by atoms with van der Waals surface area (Å²) in [7, 11) is 3.35. The standard InChI is InChI=1S/C24H27FN4O3/c1-5-6-21(32-4)19-7-13(2)17(12-26-19)15-8-14-11-27-22(10-20(14)29(3)24(15)31)28-23(30)16-9-18(16)25/h5,7-8,10-12,16,18-19,21,26H,1,6,9H2,2-4H3,(H,27,28,30). The Morgan fingerprint density at radius 2 is 2.25 bits per heavy atom. The number of nitrogens with one attached hydrogen (secondary N) is 2. The molecule has 4 unspecified atom stereocenters. The normalized spacial score (nSPS) is 23.1. The van der Waals surface area contributed by atoms with E-state index in [0.29, 0.717) is 23.3 Å². The number of alkyl halides is 1. The van der Waals surface area contributed by atoms with Crippen molar-refractivity contribution in [2.24, 2.45) is 13.0 Å². The Balaban J connectivity index is 1.63. The Morgan fingerprint density at radius 3 is 2.88 bits per heavy atom. The van der Waals surface area contributed by atoms with Gasteiger partial charge in [-0.3, -0.25) is 9.59 Å². The van der Waals surface area contributed by atoms with Crippen molar-refractivity contribution in [3.05, 3.63) is 64.8 Å². The smallest absolute Gasteiger partial charge is 0.258 e. The molecule has 0 spiro atoms. The average molecular weight is 439 g/mol. The molecule has 2 N–H and O–H groups in total. The highest BCUT2D eigenvalue weighted by atomic mass is 19.1. The van der Waals surface area contributed by atoms with Gasteiger partial charge in [-0.05, 0) is 31.4 Å². The minimum atomic E-state index is -1.08. The molecule has 32 heavy (non-hydrogen) atoms. The monoisotopic (exact) mass is 438 g/mol. The minimum absolute atomic E-state index is 0.0192. The maximum atomic E-state index is 13.2. The SMILES string of the molecule is C=CCC(OC)C1C=C(C)C(c2cc3cnc(NC(=O)C4CC4F)cc3n(C)c2=O)=CN1. The molecule has 2 aromatic rings. The van der Waals surface area contributed by atoms with Crippen LogP contribution in [0.4, 0.5) is 10.2 Å². The first-order valence-corrected chi connectivity index (χ1v) is 10.6. The molecule has 1 aliphatic heterocycles. The Labute approximate surface area is 185 Å². The van der Waals surface area contributed by atoms with Crippen molar-refractivity contribution >= 4 is 28.2 Å². The number of dihydropyridines is 1. The summed E-state index contributed by atoms with van der Waals surface area (Å²) in [5.74, 6) is -0.688. The molecule has 7 nitrogen and oxygen atoms in total. The molecule has 168 valence electrons. The Kier molecular flexibility index (Phi) is 5.97. The van der Waals surface area contributed by atoms with Crippen LogP contribution in [0.5, 0.6) is 0 Å². The van der Waals surface area contributed by atoms with Crippen LogP contribution >= 0.6 is 0 Å². The third kappa shape index (κ3) is 4.10. The van der Waals surface area contributed by atoms with E-state index >= 15 is 0 Å². The summed E-state index contributed by atoms with van der Waals surface area (Å²) in [5.41, 5.74) is 2.79. The van der Waals surface area contributed by atoms with Gasteiger partial charge in [0, 0.05) is 49.1 Å². The summed E-state index contributed by atoms with van der Waals surface area (Å²) < 4.78 is 20.2. The lowest BCUT2D eigenvalue weighted by molar-refractivity contribution is -0.117. The van der Waals surface area contributed by atoms with Gasteiger partial charge in [-0.25, -0.2) is 9.37 Å². The molecule has 0 radical (unpaired) electrons. The topological polar surface area (TPSA) is 85.2 Å². The number of methoxy groups -OCH3 is 1. The molecule has 8 heteroatoms. The maximum Gasteiger partial charge on any atom is 0.258 e. The molecule has 1 amide bonds. The van der Waals surface area contributed by atoms with Crippen molar-refractivity contribution in [1.29, 1.82) is 0 Å². The number of ether oxygens (including phenoxy) is 1.